The number of benzene rings is 2. The third-order valence-corrected chi connectivity index (χ3v) is 4.41. The molecule has 3 N–H and O–H groups in total. The lowest BCUT2D eigenvalue weighted by Gasteiger charge is -2.36. The third-order valence-electron chi connectivity index (χ3n) is 4.41. The SMILES string of the molecule is NC(=O)[C@H](N[C@@H]1CCCN(c2cccc(F)c2)C1)c1ccccc1. The van der Waals surface area contributed by atoms with E-state index in [1.165, 1.54) is 6.07 Å². The molecule has 5 heteroatoms. The first kappa shape index (κ1) is 16.5. The highest BCUT2D eigenvalue weighted by Crippen LogP contribution is 2.22. The van der Waals surface area contributed by atoms with Crippen molar-refractivity contribution >= 4 is 11.6 Å². The van der Waals surface area contributed by atoms with Gasteiger partial charge in [0.05, 0.1) is 0 Å². The van der Waals surface area contributed by atoms with Crippen molar-refractivity contribution in [1.29, 1.82) is 0 Å². The number of carbonyl (C=O) groups excluding carboxylic acids is 1. The lowest BCUT2D eigenvalue weighted by atomic mass is 10.0. The summed E-state index contributed by atoms with van der Waals surface area (Å²) in [4.78, 5) is 14.0. The minimum absolute atomic E-state index is 0.125. The molecule has 1 heterocycles. The lowest BCUT2D eigenvalue weighted by Crippen LogP contribution is -2.49. The van der Waals surface area contributed by atoms with E-state index in [1.54, 1.807) is 12.1 Å². The van der Waals surface area contributed by atoms with Crippen LogP contribution in [0.5, 0.6) is 0 Å². The number of primary amides is 1. The molecule has 1 saturated heterocycles. The van der Waals surface area contributed by atoms with Crippen molar-refractivity contribution in [3.8, 4) is 0 Å². The van der Waals surface area contributed by atoms with Gasteiger partial charge < -0.3 is 10.6 Å². The minimum Gasteiger partial charge on any atom is -0.370 e. The Morgan fingerprint density at radius 2 is 2.00 bits per heavy atom. The Morgan fingerprint density at radius 3 is 2.71 bits per heavy atom. The van der Waals surface area contributed by atoms with Crippen LogP contribution in [0.4, 0.5) is 10.1 Å². The Hall–Kier alpha value is -2.40. The monoisotopic (exact) mass is 327 g/mol. The van der Waals surface area contributed by atoms with Crippen LogP contribution in [0.3, 0.4) is 0 Å². The number of halogens is 1. The molecule has 0 saturated carbocycles. The van der Waals surface area contributed by atoms with Crippen LogP contribution < -0.4 is 16.0 Å². The Balaban J connectivity index is 1.71. The Labute approximate surface area is 141 Å². The normalized spacial score (nSPS) is 19.0. The molecule has 4 nitrogen and oxygen atoms in total. The molecule has 0 aromatic heterocycles. The van der Waals surface area contributed by atoms with E-state index in [4.69, 9.17) is 5.73 Å². The van der Waals surface area contributed by atoms with E-state index in [1.807, 2.05) is 36.4 Å². The Morgan fingerprint density at radius 1 is 1.21 bits per heavy atom. The van der Waals surface area contributed by atoms with Gasteiger partial charge in [0.1, 0.15) is 11.9 Å². The molecule has 1 fully saturated rings. The van der Waals surface area contributed by atoms with Crippen molar-refractivity contribution in [3.63, 3.8) is 0 Å². The molecular formula is C19H22FN3O. The average molecular weight is 327 g/mol. The van der Waals surface area contributed by atoms with Crippen molar-refractivity contribution in [3.05, 3.63) is 66.0 Å². The van der Waals surface area contributed by atoms with Gasteiger partial charge in [-0.1, -0.05) is 36.4 Å². The summed E-state index contributed by atoms with van der Waals surface area (Å²) in [5.74, 6) is -0.619. The fraction of sp³-hybridized carbons (Fsp3) is 0.316. The number of nitrogens with one attached hydrogen (secondary N) is 1. The van der Waals surface area contributed by atoms with E-state index >= 15 is 0 Å². The summed E-state index contributed by atoms with van der Waals surface area (Å²) in [5, 5.41) is 3.38. The smallest absolute Gasteiger partial charge is 0.239 e. The predicted molar refractivity (Wildman–Crippen MR) is 93.1 cm³/mol. The number of piperidine rings is 1. The van der Waals surface area contributed by atoms with Gasteiger partial charge in [0.2, 0.25) is 5.91 Å². The zero-order valence-corrected chi connectivity index (χ0v) is 13.5. The number of carbonyl (C=O) groups is 1. The Bertz CT molecular complexity index is 692. The van der Waals surface area contributed by atoms with Crippen LogP contribution in [0, 0.1) is 5.82 Å². The maximum atomic E-state index is 13.5. The van der Waals surface area contributed by atoms with Crippen LogP contribution in [0.1, 0.15) is 24.4 Å². The molecule has 1 amide bonds. The third kappa shape index (κ3) is 3.92. The fourth-order valence-electron chi connectivity index (χ4n) is 3.24. The molecule has 0 spiro atoms. The van der Waals surface area contributed by atoms with Crippen LogP contribution in [-0.2, 0) is 4.79 Å². The predicted octanol–water partition coefficient (Wildman–Crippen LogP) is 2.61. The van der Waals surface area contributed by atoms with Crippen molar-refractivity contribution in [2.24, 2.45) is 5.73 Å². The van der Waals surface area contributed by atoms with Gasteiger partial charge in [-0.15, -0.1) is 0 Å². The summed E-state index contributed by atoms with van der Waals surface area (Å²) in [6.45, 7) is 1.61. The van der Waals surface area contributed by atoms with E-state index in [0.29, 0.717) is 0 Å². The molecule has 2 aromatic carbocycles. The number of anilines is 1. The summed E-state index contributed by atoms with van der Waals surface area (Å²) in [6, 6.07) is 15.7. The van der Waals surface area contributed by atoms with Crippen LogP contribution in [-0.4, -0.2) is 25.0 Å². The summed E-state index contributed by atoms with van der Waals surface area (Å²) in [7, 11) is 0. The summed E-state index contributed by atoms with van der Waals surface area (Å²) < 4.78 is 13.5. The number of hydrogen-bond donors (Lipinski definition) is 2. The standard InChI is InChI=1S/C19H22FN3O/c20-15-8-4-10-17(12-15)23-11-5-9-16(13-23)22-18(19(21)24)14-6-2-1-3-7-14/h1-4,6-8,10,12,16,18,22H,5,9,11,13H2,(H2,21,24)/t16-,18-/m1/s1. The number of nitrogens with zero attached hydrogens (tertiary/aromatic N) is 1. The maximum Gasteiger partial charge on any atom is 0.239 e. The van der Waals surface area contributed by atoms with Gasteiger partial charge in [-0.05, 0) is 36.6 Å². The Kier molecular flexibility index (Phi) is 5.11. The topological polar surface area (TPSA) is 58.4 Å². The van der Waals surface area contributed by atoms with Crippen molar-refractivity contribution in [2.45, 2.75) is 24.9 Å². The fourth-order valence-corrected chi connectivity index (χ4v) is 3.24. The van der Waals surface area contributed by atoms with Crippen LogP contribution in [0.2, 0.25) is 0 Å². The van der Waals surface area contributed by atoms with Gasteiger partial charge >= 0.3 is 0 Å². The molecule has 24 heavy (non-hydrogen) atoms. The molecule has 0 bridgehead atoms. The molecule has 0 unspecified atom stereocenters. The van der Waals surface area contributed by atoms with Gasteiger partial charge in [-0.2, -0.15) is 0 Å². The van der Waals surface area contributed by atoms with Gasteiger partial charge in [0.15, 0.2) is 0 Å². The largest absolute Gasteiger partial charge is 0.370 e. The molecule has 3 rings (SSSR count). The van der Waals surface area contributed by atoms with E-state index in [9.17, 15) is 9.18 Å². The van der Waals surface area contributed by atoms with Gasteiger partial charge in [-0.3, -0.25) is 10.1 Å². The van der Waals surface area contributed by atoms with E-state index in [0.717, 1.165) is 37.2 Å². The summed E-state index contributed by atoms with van der Waals surface area (Å²) in [5.41, 5.74) is 7.33. The van der Waals surface area contributed by atoms with Crippen LogP contribution >= 0.6 is 0 Å². The first-order valence-electron chi connectivity index (χ1n) is 8.24. The van der Waals surface area contributed by atoms with Crippen molar-refractivity contribution in [2.75, 3.05) is 18.0 Å². The minimum atomic E-state index is -0.511. The lowest BCUT2D eigenvalue weighted by molar-refractivity contribution is -0.120. The summed E-state index contributed by atoms with van der Waals surface area (Å²) >= 11 is 0. The van der Waals surface area contributed by atoms with Crippen molar-refractivity contribution < 1.29 is 9.18 Å². The number of hydrogen-bond acceptors (Lipinski definition) is 3. The van der Waals surface area contributed by atoms with Gasteiger partial charge in [0.25, 0.3) is 0 Å². The molecule has 126 valence electrons. The van der Waals surface area contributed by atoms with E-state index in [-0.39, 0.29) is 17.8 Å². The van der Waals surface area contributed by atoms with Crippen molar-refractivity contribution in [1.82, 2.24) is 5.32 Å². The molecule has 0 radical (unpaired) electrons. The molecule has 2 atom stereocenters. The average Bonchev–Trinajstić information content (AvgIpc) is 2.60. The summed E-state index contributed by atoms with van der Waals surface area (Å²) in [6.07, 6.45) is 1.94. The zero-order chi connectivity index (χ0) is 16.9. The first-order chi connectivity index (χ1) is 11.6. The second-order valence-electron chi connectivity index (χ2n) is 6.18. The molecular weight excluding hydrogens is 305 g/mol. The number of nitrogens with two attached hydrogens (primary N) is 1. The van der Waals surface area contributed by atoms with Crippen LogP contribution in [0.15, 0.2) is 54.6 Å². The van der Waals surface area contributed by atoms with Gasteiger partial charge in [-0.25, -0.2) is 4.39 Å². The molecule has 0 aliphatic carbocycles. The molecule has 2 aromatic rings. The van der Waals surface area contributed by atoms with E-state index < -0.39 is 6.04 Å². The zero-order valence-electron chi connectivity index (χ0n) is 13.5. The van der Waals surface area contributed by atoms with Gasteiger partial charge in [0, 0.05) is 24.8 Å². The first-order valence-corrected chi connectivity index (χ1v) is 8.24. The van der Waals surface area contributed by atoms with E-state index in [2.05, 4.69) is 10.2 Å². The molecule has 1 aliphatic heterocycles. The molecule has 1 aliphatic rings. The second kappa shape index (κ2) is 7.45. The maximum absolute atomic E-state index is 13.5. The number of amides is 1. The second-order valence-corrected chi connectivity index (χ2v) is 6.18. The van der Waals surface area contributed by atoms with Crippen LogP contribution in [0.25, 0.3) is 0 Å². The highest BCUT2D eigenvalue weighted by molar-refractivity contribution is 5.81. The quantitative estimate of drug-likeness (QED) is 0.887. The number of rotatable bonds is 5. The highest BCUT2D eigenvalue weighted by Gasteiger charge is 2.26. The highest BCUT2D eigenvalue weighted by atomic mass is 19.1.